The molecule has 4 heterocycles. The smallest absolute Gasteiger partial charge is 0.315 e. The van der Waals surface area contributed by atoms with Crippen LogP contribution in [0.15, 0.2) is 11.6 Å². The van der Waals surface area contributed by atoms with Crippen LogP contribution in [0.5, 0.6) is 0 Å². The number of fused-ring (bicyclic) bond motifs is 7. The Morgan fingerprint density at radius 2 is 1.00 bits per heavy atom. The molecule has 5 aliphatic carbocycles. The van der Waals surface area contributed by atoms with Gasteiger partial charge in [-0.3, -0.25) is 4.79 Å². The summed E-state index contributed by atoms with van der Waals surface area (Å²) < 4.78 is 47.9. The number of aliphatic hydroxyl groups excluding tert-OH is 16. The van der Waals surface area contributed by atoms with Crippen LogP contribution in [-0.4, -0.2) is 256 Å². The summed E-state index contributed by atoms with van der Waals surface area (Å²) in [5, 5.41) is 173. The summed E-state index contributed by atoms with van der Waals surface area (Å²) in [5.74, 6) is -1.45. The molecule has 25 heteroatoms. The summed E-state index contributed by atoms with van der Waals surface area (Å²) in [7, 11) is 0. The first kappa shape index (κ1) is 61.8. The second-order valence-corrected chi connectivity index (χ2v) is 26.3. The van der Waals surface area contributed by atoms with Gasteiger partial charge in [0, 0.05) is 5.41 Å². The highest BCUT2D eigenvalue weighted by Gasteiger charge is 2.72. The highest BCUT2D eigenvalue weighted by molar-refractivity contribution is 5.79. The van der Waals surface area contributed by atoms with Crippen LogP contribution >= 0.6 is 0 Å². The van der Waals surface area contributed by atoms with Gasteiger partial charge in [-0.15, -0.1) is 0 Å². The topological polar surface area (TPSA) is 415 Å². The molecular formula is C54H88O25. The van der Waals surface area contributed by atoms with Crippen LogP contribution in [-0.2, 0) is 42.7 Å². The lowest BCUT2D eigenvalue weighted by Crippen LogP contribution is -2.70. The van der Waals surface area contributed by atoms with Crippen LogP contribution < -0.4 is 0 Å². The quantitative estimate of drug-likeness (QED) is 0.0474. The van der Waals surface area contributed by atoms with E-state index in [4.69, 9.17) is 37.9 Å². The van der Waals surface area contributed by atoms with Crippen molar-refractivity contribution >= 4 is 5.97 Å². The minimum absolute atomic E-state index is 0.103. The van der Waals surface area contributed by atoms with Crippen molar-refractivity contribution < 1.29 is 124 Å². The summed E-state index contributed by atoms with van der Waals surface area (Å²) in [4.78, 5) is 15.3. The third-order valence-electron chi connectivity index (χ3n) is 21.5. The summed E-state index contributed by atoms with van der Waals surface area (Å²) in [5.41, 5.74) is -3.14. The van der Waals surface area contributed by atoms with Crippen molar-refractivity contribution in [3.8, 4) is 0 Å². The van der Waals surface area contributed by atoms with Crippen molar-refractivity contribution in [2.75, 3.05) is 33.0 Å². The Bertz CT molecular complexity index is 2170. The van der Waals surface area contributed by atoms with E-state index in [0.717, 1.165) is 5.57 Å². The van der Waals surface area contributed by atoms with Gasteiger partial charge in [-0.25, -0.2) is 0 Å². The Labute approximate surface area is 458 Å². The predicted octanol–water partition coefficient (Wildman–Crippen LogP) is -4.09. The summed E-state index contributed by atoms with van der Waals surface area (Å²) in [6, 6.07) is 0. The molecule has 30 atom stereocenters. The zero-order valence-corrected chi connectivity index (χ0v) is 45.7. The van der Waals surface area contributed by atoms with Crippen LogP contribution in [0.1, 0.15) is 99.3 Å². The van der Waals surface area contributed by atoms with Gasteiger partial charge in [-0.2, -0.15) is 0 Å². The minimum atomic E-state index is -1.91. The fraction of sp³-hybridized carbons (Fsp3) is 0.944. The predicted molar refractivity (Wildman–Crippen MR) is 266 cm³/mol. The zero-order chi connectivity index (χ0) is 57.9. The van der Waals surface area contributed by atoms with Gasteiger partial charge in [0.1, 0.15) is 91.6 Å². The Hall–Kier alpha value is -1.71. The van der Waals surface area contributed by atoms with E-state index in [1.807, 2.05) is 6.92 Å². The van der Waals surface area contributed by atoms with E-state index in [0.29, 0.717) is 51.4 Å². The monoisotopic (exact) mass is 1140 g/mol. The molecule has 0 unspecified atom stereocenters. The number of aliphatic hydroxyl groups is 16. The normalized spacial score (nSPS) is 54.6. The fourth-order valence-electron chi connectivity index (χ4n) is 16.6. The maximum Gasteiger partial charge on any atom is 0.315 e. The number of hydrogen-bond donors (Lipinski definition) is 16. The number of carbonyl (C=O) groups excluding carboxylic acids is 1. The first-order chi connectivity index (χ1) is 37.1. The van der Waals surface area contributed by atoms with Crippen LogP contribution in [0.2, 0.25) is 0 Å². The molecule has 4 saturated heterocycles. The first-order valence-electron chi connectivity index (χ1n) is 28.1. The molecule has 0 bridgehead atoms. The number of hydrogen-bond acceptors (Lipinski definition) is 25. The second kappa shape index (κ2) is 22.6. The number of rotatable bonds is 13. The SMILES string of the molecule is CC1(C)CC[C@]2(C(=O)O[C@@H]3O[C@H](CO)[C@@H](O)[C@H](O)[C@H]3O[C@@H]3O[C@H](CO)[C@@H](O)[C@H](O)[C@H]3O)CC[C@]3(C)C(=CC[C@@H]4[C@@]5(C)C[C@H](O)[C@H](O[C@@H]6O[C@H](CO)[C@@H](O)[C@H](O)[C@H]6O[C@@H]6O[C@H](CO)[C@@H](O)[C@H](O)[C@H]6O)[C@@](C)(CO)[C@@H]5CC[C@]43C)[C@@H]2C1. The van der Waals surface area contributed by atoms with Gasteiger partial charge in [0.2, 0.25) is 6.29 Å². The van der Waals surface area contributed by atoms with Crippen molar-refractivity contribution in [2.24, 2.45) is 50.2 Å². The van der Waals surface area contributed by atoms with E-state index in [1.165, 1.54) is 0 Å². The van der Waals surface area contributed by atoms with Crippen LogP contribution in [0, 0.1) is 50.2 Å². The van der Waals surface area contributed by atoms with Gasteiger partial charge in [-0.05, 0) is 97.2 Å². The molecule has 454 valence electrons. The second-order valence-electron chi connectivity index (χ2n) is 26.3. The molecule has 9 rings (SSSR count). The van der Waals surface area contributed by atoms with Gasteiger partial charge >= 0.3 is 5.97 Å². The summed E-state index contributed by atoms with van der Waals surface area (Å²) in [6.45, 7) is 9.16. The number of ether oxygens (including phenoxy) is 8. The van der Waals surface area contributed by atoms with Crippen LogP contribution in [0.4, 0.5) is 0 Å². The molecule has 0 spiro atoms. The molecule has 0 aromatic heterocycles. The van der Waals surface area contributed by atoms with E-state index >= 15 is 4.79 Å². The highest BCUT2D eigenvalue weighted by Crippen LogP contribution is 2.76. The van der Waals surface area contributed by atoms with Gasteiger partial charge in [0.25, 0.3) is 0 Å². The maximum atomic E-state index is 15.3. The molecule has 16 N–H and O–H groups in total. The van der Waals surface area contributed by atoms with Gasteiger partial charge in [0.15, 0.2) is 25.0 Å². The molecule has 4 saturated carbocycles. The van der Waals surface area contributed by atoms with Gasteiger partial charge < -0.3 is 120 Å². The third-order valence-corrected chi connectivity index (χ3v) is 21.5. The molecule has 4 aliphatic heterocycles. The van der Waals surface area contributed by atoms with E-state index in [-0.39, 0.29) is 29.6 Å². The van der Waals surface area contributed by atoms with Crippen molar-refractivity contribution in [1.82, 2.24) is 0 Å². The molecule has 0 amide bonds. The summed E-state index contributed by atoms with van der Waals surface area (Å²) >= 11 is 0. The molecule has 9 aliphatic rings. The molecule has 8 fully saturated rings. The lowest BCUT2D eigenvalue weighted by Gasteiger charge is -2.72. The third kappa shape index (κ3) is 9.99. The zero-order valence-electron chi connectivity index (χ0n) is 45.7. The fourth-order valence-corrected chi connectivity index (χ4v) is 16.6. The number of esters is 1. The summed E-state index contributed by atoms with van der Waals surface area (Å²) in [6.07, 6.45) is -30.2. The van der Waals surface area contributed by atoms with Crippen LogP contribution in [0.3, 0.4) is 0 Å². The lowest BCUT2D eigenvalue weighted by atomic mass is 9.33. The Kier molecular flexibility index (Phi) is 17.7. The molecular weight excluding hydrogens is 1050 g/mol. The number of allylic oxidation sites excluding steroid dienone is 2. The molecule has 0 radical (unpaired) electrons. The van der Waals surface area contributed by atoms with E-state index in [9.17, 15) is 81.7 Å². The van der Waals surface area contributed by atoms with Gasteiger partial charge in [-0.1, -0.05) is 53.2 Å². The standard InChI is InChI=1S/C54H88O25/c1-49(2)11-13-54(48(71)79-47-42(38(68)34(64)28(20-58)75-47)77-45-40(70)36(66)32(62)26(18-56)73-45)14-12-52(5)22(23(54)15-49)7-8-30-50(3)16-24(60)43(51(4,21-59)29(50)9-10-53(30,52)6)78-46-41(37(67)33(63)27(19-57)74-46)76-44-39(69)35(65)31(61)25(17-55)72-44/h7,23-47,55-70H,8-21H2,1-6H3/t23-,24-,25+,26+,27+,28+,29+,30+,31+,32+,33+,34+,35-,36-,37-,38-,39+,40+,41+,42+,43-,44-,45-,46-,47-,50-,51-,52+,53+,54-/m0/s1. The van der Waals surface area contributed by atoms with Gasteiger partial charge in [0.05, 0.1) is 50.7 Å². The van der Waals surface area contributed by atoms with Crippen molar-refractivity contribution in [2.45, 2.75) is 234 Å². The van der Waals surface area contributed by atoms with Crippen LogP contribution in [0.25, 0.3) is 0 Å². The molecule has 0 aromatic carbocycles. The molecule has 79 heavy (non-hydrogen) atoms. The Morgan fingerprint density at radius 1 is 0.532 bits per heavy atom. The minimum Gasteiger partial charge on any atom is -0.432 e. The molecule has 25 nitrogen and oxygen atoms in total. The number of carbonyl (C=O) groups is 1. The van der Waals surface area contributed by atoms with E-state index < -0.39 is 201 Å². The Balaban J connectivity index is 0.990. The largest absolute Gasteiger partial charge is 0.432 e. The van der Waals surface area contributed by atoms with Crippen molar-refractivity contribution in [1.29, 1.82) is 0 Å². The Morgan fingerprint density at radius 3 is 1.51 bits per heavy atom. The highest BCUT2D eigenvalue weighted by atomic mass is 16.8. The van der Waals surface area contributed by atoms with E-state index in [2.05, 4.69) is 40.7 Å². The molecule has 0 aromatic rings. The first-order valence-corrected chi connectivity index (χ1v) is 28.1. The average molecular weight is 1140 g/mol. The van der Waals surface area contributed by atoms with Crippen molar-refractivity contribution in [3.63, 3.8) is 0 Å². The van der Waals surface area contributed by atoms with Crippen molar-refractivity contribution in [3.05, 3.63) is 11.6 Å². The van der Waals surface area contributed by atoms with E-state index in [1.54, 1.807) is 0 Å². The maximum absolute atomic E-state index is 15.3. The lowest BCUT2D eigenvalue weighted by molar-refractivity contribution is -0.384. The average Bonchev–Trinajstić information content (AvgIpc) is 2.79.